The van der Waals surface area contributed by atoms with E-state index in [-0.39, 0.29) is 17.3 Å². The van der Waals surface area contributed by atoms with E-state index in [1.165, 1.54) is 30.3 Å². The predicted molar refractivity (Wildman–Crippen MR) is 80.4 cm³/mol. The second kappa shape index (κ2) is 6.78. The van der Waals surface area contributed by atoms with Gasteiger partial charge in [-0.25, -0.2) is 4.79 Å². The van der Waals surface area contributed by atoms with Gasteiger partial charge in [0.25, 0.3) is 0 Å². The molecule has 2 aromatic carbocycles. The van der Waals surface area contributed by atoms with E-state index >= 15 is 0 Å². The molecule has 0 spiro atoms. The summed E-state index contributed by atoms with van der Waals surface area (Å²) in [5.74, 6) is -0.109. The van der Waals surface area contributed by atoms with Gasteiger partial charge in [-0.1, -0.05) is 23.7 Å². The zero-order valence-electron chi connectivity index (χ0n) is 11.6. The summed E-state index contributed by atoms with van der Waals surface area (Å²) < 4.78 is 37.3. The summed E-state index contributed by atoms with van der Waals surface area (Å²) in [4.78, 5) is 11.7. The number of benzene rings is 2. The van der Waals surface area contributed by atoms with E-state index in [9.17, 15) is 23.1 Å². The molecule has 8 heteroatoms. The minimum Gasteiger partial charge on any atom is -0.506 e. The Morgan fingerprint density at radius 2 is 1.78 bits per heavy atom. The van der Waals surface area contributed by atoms with Gasteiger partial charge in [0.2, 0.25) is 0 Å². The summed E-state index contributed by atoms with van der Waals surface area (Å²) in [6.45, 7) is 0.0653. The first-order chi connectivity index (χ1) is 10.8. The van der Waals surface area contributed by atoms with Crippen LogP contribution in [0, 0.1) is 0 Å². The highest BCUT2D eigenvalue weighted by molar-refractivity contribution is 6.32. The molecule has 2 aromatic rings. The molecule has 0 radical (unpaired) electrons. The number of nitrogens with one attached hydrogen (secondary N) is 2. The lowest BCUT2D eigenvalue weighted by Crippen LogP contribution is -2.28. The van der Waals surface area contributed by atoms with E-state index in [2.05, 4.69) is 10.6 Å². The summed E-state index contributed by atoms with van der Waals surface area (Å²) in [5.41, 5.74) is 0.152. The van der Waals surface area contributed by atoms with Crippen molar-refractivity contribution in [2.45, 2.75) is 12.7 Å². The van der Waals surface area contributed by atoms with Crippen molar-refractivity contribution in [1.29, 1.82) is 0 Å². The van der Waals surface area contributed by atoms with Crippen LogP contribution in [-0.4, -0.2) is 11.1 Å². The van der Waals surface area contributed by atoms with E-state index in [1.54, 1.807) is 0 Å². The lowest BCUT2D eigenvalue weighted by Gasteiger charge is -2.10. The van der Waals surface area contributed by atoms with Gasteiger partial charge in [-0.15, -0.1) is 0 Å². The fraction of sp³-hybridized carbons (Fsp3) is 0.133. The molecule has 3 N–H and O–H groups in total. The average molecular weight is 345 g/mol. The third-order valence-corrected chi connectivity index (χ3v) is 3.24. The molecule has 0 saturated carbocycles. The third kappa shape index (κ3) is 4.79. The normalized spacial score (nSPS) is 11.1. The van der Waals surface area contributed by atoms with Crippen LogP contribution in [0.2, 0.25) is 5.02 Å². The maximum atomic E-state index is 12.4. The van der Waals surface area contributed by atoms with Crippen LogP contribution < -0.4 is 10.6 Å². The molecule has 122 valence electrons. The lowest BCUT2D eigenvalue weighted by atomic mass is 10.1. The summed E-state index contributed by atoms with van der Waals surface area (Å²) in [7, 11) is 0. The monoisotopic (exact) mass is 344 g/mol. The highest BCUT2D eigenvalue weighted by atomic mass is 35.5. The number of phenolic OH excluding ortho intramolecular Hbond substituents is 1. The Morgan fingerprint density at radius 1 is 1.13 bits per heavy atom. The van der Waals surface area contributed by atoms with Gasteiger partial charge in [-0.2, -0.15) is 13.2 Å². The molecule has 0 aliphatic rings. The van der Waals surface area contributed by atoms with Gasteiger partial charge >= 0.3 is 12.2 Å². The average Bonchev–Trinajstić information content (AvgIpc) is 2.48. The van der Waals surface area contributed by atoms with E-state index in [1.807, 2.05) is 0 Å². The molecule has 2 rings (SSSR count). The first-order valence-electron chi connectivity index (χ1n) is 6.45. The van der Waals surface area contributed by atoms with Crippen molar-refractivity contribution in [2.24, 2.45) is 0 Å². The molecule has 0 atom stereocenters. The molecule has 0 aliphatic heterocycles. The number of carbonyl (C=O) groups is 1. The number of phenols is 1. The van der Waals surface area contributed by atoms with E-state index in [4.69, 9.17) is 11.6 Å². The van der Waals surface area contributed by atoms with Gasteiger partial charge in [-0.05, 0) is 35.9 Å². The van der Waals surface area contributed by atoms with Gasteiger partial charge in [0.1, 0.15) is 5.75 Å². The van der Waals surface area contributed by atoms with Gasteiger partial charge in [0, 0.05) is 12.2 Å². The van der Waals surface area contributed by atoms with Crippen LogP contribution in [0.3, 0.4) is 0 Å². The molecule has 0 fully saturated rings. The zero-order chi connectivity index (χ0) is 17.0. The number of amides is 2. The maximum absolute atomic E-state index is 12.4. The minimum absolute atomic E-state index is 0.0653. The Labute approximate surface area is 134 Å². The SMILES string of the molecule is O=C(NCc1ccc(C(F)(F)F)cc1)Nc1ccc(O)c(Cl)c1. The number of hydrogen-bond donors (Lipinski definition) is 3. The maximum Gasteiger partial charge on any atom is 0.416 e. The highest BCUT2D eigenvalue weighted by Crippen LogP contribution is 2.29. The van der Waals surface area contributed by atoms with Crippen molar-refractivity contribution < 1.29 is 23.1 Å². The standard InChI is InChI=1S/C15H12ClF3N2O2/c16-12-7-11(5-6-13(12)22)21-14(23)20-8-9-1-3-10(4-2-9)15(17,18)19/h1-7,22H,8H2,(H2,20,21,23). The Bertz CT molecular complexity index is 703. The topological polar surface area (TPSA) is 61.4 Å². The largest absolute Gasteiger partial charge is 0.506 e. The molecular formula is C15H12ClF3N2O2. The van der Waals surface area contributed by atoms with E-state index in [0.717, 1.165) is 12.1 Å². The van der Waals surface area contributed by atoms with E-state index in [0.29, 0.717) is 11.3 Å². The molecular weight excluding hydrogens is 333 g/mol. The fourth-order valence-corrected chi connectivity index (χ4v) is 1.93. The summed E-state index contributed by atoms with van der Waals surface area (Å²) in [5, 5.41) is 14.4. The van der Waals surface area contributed by atoms with Gasteiger partial charge in [-0.3, -0.25) is 0 Å². The van der Waals surface area contributed by atoms with Crippen LogP contribution in [0.5, 0.6) is 5.75 Å². The van der Waals surface area contributed by atoms with Gasteiger partial charge < -0.3 is 15.7 Å². The number of anilines is 1. The fourth-order valence-electron chi connectivity index (χ4n) is 1.75. The van der Waals surface area contributed by atoms with Crippen LogP contribution in [0.25, 0.3) is 0 Å². The van der Waals surface area contributed by atoms with Crippen LogP contribution in [-0.2, 0) is 12.7 Å². The first kappa shape index (κ1) is 17.0. The van der Waals surface area contributed by atoms with Crippen LogP contribution >= 0.6 is 11.6 Å². The van der Waals surface area contributed by atoms with Crippen molar-refractivity contribution in [3.8, 4) is 5.75 Å². The second-order valence-electron chi connectivity index (χ2n) is 4.67. The van der Waals surface area contributed by atoms with Crippen molar-refractivity contribution >= 4 is 23.3 Å². The van der Waals surface area contributed by atoms with Crippen LogP contribution in [0.4, 0.5) is 23.7 Å². The predicted octanol–water partition coefficient (Wildman–Crippen LogP) is 4.39. The molecule has 0 aromatic heterocycles. The Balaban J connectivity index is 1.90. The second-order valence-corrected chi connectivity index (χ2v) is 5.08. The first-order valence-corrected chi connectivity index (χ1v) is 6.83. The van der Waals surface area contributed by atoms with Crippen LogP contribution in [0.1, 0.15) is 11.1 Å². The molecule has 23 heavy (non-hydrogen) atoms. The number of alkyl halides is 3. The number of rotatable bonds is 3. The number of urea groups is 1. The molecule has 0 bridgehead atoms. The molecule has 2 amide bonds. The number of halogens is 4. The summed E-state index contributed by atoms with van der Waals surface area (Å²) >= 11 is 5.71. The van der Waals surface area contributed by atoms with Crippen LogP contribution in [0.15, 0.2) is 42.5 Å². The van der Waals surface area contributed by atoms with Crippen molar-refractivity contribution in [3.05, 3.63) is 58.6 Å². The number of carbonyl (C=O) groups excluding carboxylic acids is 1. The van der Waals surface area contributed by atoms with Crippen molar-refractivity contribution in [3.63, 3.8) is 0 Å². The number of hydrogen-bond acceptors (Lipinski definition) is 2. The number of aromatic hydroxyl groups is 1. The van der Waals surface area contributed by atoms with Crippen molar-refractivity contribution in [2.75, 3.05) is 5.32 Å². The Hall–Kier alpha value is -2.41. The molecule has 4 nitrogen and oxygen atoms in total. The van der Waals surface area contributed by atoms with Gasteiger partial charge in [0.15, 0.2) is 0 Å². The minimum atomic E-state index is -4.39. The van der Waals surface area contributed by atoms with Gasteiger partial charge in [0.05, 0.1) is 10.6 Å². The van der Waals surface area contributed by atoms with E-state index < -0.39 is 17.8 Å². The highest BCUT2D eigenvalue weighted by Gasteiger charge is 2.29. The zero-order valence-corrected chi connectivity index (χ0v) is 12.4. The Morgan fingerprint density at radius 3 is 2.35 bits per heavy atom. The molecule has 0 unspecified atom stereocenters. The lowest BCUT2D eigenvalue weighted by molar-refractivity contribution is -0.137. The quantitative estimate of drug-likeness (QED) is 0.723. The molecule has 0 saturated heterocycles. The third-order valence-electron chi connectivity index (χ3n) is 2.94. The van der Waals surface area contributed by atoms with Crippen molar-refractivity contribution in [1.82, 2.24) is 5.32 Å². The summed E-state index contributed by atoms with van der Waals surface area (Å²) in [6.07, 6.45) is -4.39. The Kier molecular flexibility index (Phi) is 5.00. The molecule has 0 aliphatic carbocycles. The summed E-state index contributed by atoms with van der Waals surface area (Å²) in [6, 6.07) is 8.10. The smallest absolute Gasteiger partial charge is 0.416 e. The molecule has 0 heterocycles.